The number of nitrogens with one attached hydrogen (secondary N) is 2. The zero-order chi connectivity index (χ0) is 17.1. The molecule has 1 atom stereocenters. The van der Waals surface area contributed by atoms with Gasteiger partial charge in [-0.3, -0.25) is 0 Å². The Bertz CT molecular complexity index is 848. The molecule has 0 aliphatic carbocycles. The van der Waals surface area contributed by atoms with Crippen molar-refractivity contribution in [3.63, 3.8) is 0 Å². The molecule has 0 radical (unpaired) electrons. The first-order chi connectivity index (χ1) is 11.6. The van der Waals surface area contributed by atoms with Gasteiger partial charge in [-0.1, -0.05) is 17.7 Å². The Labute approximate surface area is 144 Å². The normalized spacial score (nSPS) is 12.3. The molecule has 7 nitrogen and oxygen atoms in total. The predicted octanol–water partition coefficient (Wildman–Crippen LogP) is 3.04. The molecule has 0 aliphatic rings. The second-order valence-electron chi connectivity index (χ2n) is 5.46. The number of anilines is 3. The van der Waals surface area contributed by atoms with Gasteiger partial charge >= 0.3 is 0 Å². The molecule has 126 valence electrons. The van der Waals surface area contributed by atoms with Crippen molar-refractivity contribution in [1.29, 1.82) is 0 Å². The molecule has 2 aromatic heterocycles. The number of aromatic nitrogens is 4. The van der Waals surface area contributed by atoms with Gasteiger partial charge in [0, 0.05) is 23.8 Å². The van der Waals surface area contributed by atoms with E-state index in [4.69, 9.17) is 11.6 Å². The van der Waals surface area contributed by atoms with E-state index in [0.29, 0.717) is 28.9 Å². The van der Waals surface area contributed by atoms with Gasteiger partial charge in [0.25, 0.3) is 0 Å². The first-order valence-electron chi connectivity index (χ1n) is 7.74. The molecule has 0 fully saturated rings. The lowest BCUT2D eigenvalue weighted by atomic mass is 10.3. The van der Waals surface area contributed by atoms with Crippen molar-refractivity contribution in [2.75, 3.05) is 17.2 Å². The standard InChI is InChI=1S/C16H19ClN6O/c1-3-23-9-19-13-14(20-12-6-4-5-11(17)7-12)21-16(22-15(13)23)18-8-10(2)24/h4-7,9-10,24H,3,8H2,1-2H3,(H2,18,20,21,22)/t10-/m0/s1. The Morgan fingerprint density at radius 2 is 2.17 bits per heavy atom. The van der Waals surface area contributed by atoms with Gasteiger partial charge in [0.2, 0.25) is 5.95 Å². The third-order valence-electron chi connectivity index (χ3n) is 3.45. The summed E-state index contributed by atoms with van der Waals surface area (Å²) in [6.45, 7) is 4.84. The Morgan fingerprint density at radius 1 is 1.33 bits per heavy atom. The summed E-state index contributed by atoms with van der Waals surface area (Å²) in [6, 6.07) is 7.39. The van der Waals surface area contributed by atoms with Gasteiger partial charge in [0.15, 0.2) is 17.0 Å². The molecular formula is C16H19ClN6O. The van der Waals surface area contributed by atoms with Crippen LogP contribution in [-0.2, 0) is 6.54 Å². The lowest BCUT2D eigenvalue weighted by Crippen LogP contribution is -2.17. The third-order valence-corrected chi connectivity index (χ3v) is 3.68. The van der Waals surface area contributed by atoms with E-state index in [0.717, 1.165) is 17.9 Å². The van der Waals surface area contributed by atoms with E-state index in [2.05, 4.69) is 25.6 Å². The van der Waals surface area contributed by atoms with E-state index in [1.54, 1.807) is 13.3 Å². The van der Waals surface area contributed by atoms with Crippen LogP contribution in [0.5, 0.6) is 0 Å². The fraction of sp³-hybridized carbons (Fsp3) is 0.312. The van der Waals surface area contributed by atoms with Crippen molar-refractivity contribution in [1.82, 2.24) is 19.5 Å². The number of nitrogens with zero attached hydrogens (tertiary/aromatic N) is 4. The smallest absolute Gasteiger partial charge is 0.226 e. The summed E-state index contributed by atoms with van der Waals surface area (Å²) >= 11 is 6.04. The number of fused-ring (bicyclic) bond motifs is 1. The van der Waals surface area contributed by atoms with Crippen LogP contribution in [0, 0.1) is 0 Å². The van der Waals surface area contributed by atoms with Crippen LogP contribution in [0.25, 0.3) is 11.2 Å². The van der Waals surface area contributed by atoms with Crippen molar-refractivity contribution < 1.29 is 5.11 Å². The lowest BCUT2D eigenvalue weighted by Gasteiger charge is -2.11. The minimum absolute atomic E-state index is 0.363. The Balaban J connectivity index is 2.02. The van der Waals surface area contributed by atoms with Gasteiger partial charge < -0.3 is 20.3 Å². The molecule has 0 unspecified atom stereocenters. The van der Waals surface area contributed by atoms with Gasteiger partial charge in [-0.05, 0) is 32.0 Å². The molecule has 0 amide bonds. The minimum Gasteiger partial charge on any atom is -0.392 e. The quantitative estimate of drug-likeness (QED) is 0.636. The van der Waals surface area contributed by atoms with E-state index in [9.17, 15) is 5.11 Å². The topological polar surface area (TPSA) is 87.9 Å². The van der Waals surface area contributed by atoms with Gasteiger partial charge in [0.1, 0.15) is 0 Å². The molecule has 3 aromatic rings. The second-order valence-corrected chi connectivity index (χ2v) is 5.90. The number of hydrogen-bond acceptors (Lipinski definition) is 6. The van der Waals surface area contributed by atoms with Crippen LogP contribution in [0.4, 0.5) is 17.5 Å². The van der Waals surface area contributed by atoms with Crippen molar-refractivity contribution in [2.45, 2.75) is 26.5 Å². The van der Waals surface area contributed by atoms with Crippen LogP contribution in [0.15, 0.2) is 30.6 Å². The van der Waals surface area contributed by atoms with Crippen molar-refractivity contribution in [3.8, 4) is 0 Å². The monoisotopic (exact) mass is 346 g/mol. The van der Waals surface area contributed by atoms with E-state index >= 15 is 0 Å². The maximum atomic E-state index is 9.46. The van der Waals surface area contributed by atoms with E-state index < -0.39 is 6.10 Å². The van der Waals surface area contributed by atoms with E-state index in [1.807, 2.05) is 35.8 Å². The summed E-state index contributed by atoms with van der Waals surface area (Å²) in [7, 11) is 0. The lowest BCUT2D eigenvalue weighted by molar-refractivity contribution is 0.208. The molecule has 24 heavy (non-hydrogen) atoms. The van der Waals surface area contributed by atoms with Crippen molar-refractivity contribution in [3.05, 3.63) is 35.6 Å². The third kappa shape index (κ3) is 3.58. The van der Waals surface area contributed by atoms with Gasteiger partial charge in [-0.15, -0.1) is 0 Å². The number of rotatable bonds is 6. The maximum absolute atomic E-state index is 9.46. The number of aliphatic hydroxyl groups is 1. The highest BCUT2D eigenvalue weighted by Crippen LogP contribution is 2.25. The molecule has 0 spiro atoms. The maximum Gasteiger partial charge on any atom is 0.226 e. The molecule has 3 rings (SSSR count). The largest absolute Gasteiger partial charge is 0.392 e. The van der Waals surface area contributed by atoms with E-state index in [-0.39, 0.29) is 0 Å². The van der Waals surface area contributed by atoms with Crippen molar-refractivity contribution in [2.24, 2.45) is 0 Å². The Kier molecular flexibility index (Phi) is 4.82. The number of aliphatic hydroxyl groups excluding tert-OH is 1. The average Bonchev–Trinajstić information content (AvgIpc) is 2.96. The molecular weight excluding hydrogens is 328 g/mol. The number of hydrogen-bond donors (Lipinski definition) is 3. The van der Waals surface area contributed by atoms with Crippen LogP contribution < -0.4 is 10.6 Å². The van der Waals surface area contributed by atoms with Crippen LogP contribution >= 0.6 is 11.6 Å². The number of benzene rings is 1. The zero-order valence-corrected chi connectivity index (χ0v) is 14.2. The van der Waals surface area contributed by atoms with Crippen LogP contribution in [0.3, 0.4) is 0 Å². The molecule has 1 aromatic carbocycles. The molecule has 2 heterocycles. The zero-order valence-electron chi connectivity index (χ0n) is 13.5. The minimum atomic E-state index is -0.496. The SMILES string of the molecule is CCn1cnc2c(Nc3cccc(Cl)c3)nc(NC[C@H](C)O)nc21. The number of halogens is 1. The van der Waals surface area contributed by atoms with Crippen LogP contribution in [0.1, 0.15) is 13.8 Å². The Morgan fingerprint density at radius 3 is 2.88 bits per heavy atom. The van der Waals surface area contributed by atoms with Crippen molar-refractivity contribution >= 4 is 40.2 Å². The highest BCUT2D eigenvalue weighted by molar-refractivity contribution is 6.30. The van der Waals surface area contributed by atoms with Gasteiger partial charge in [-0.25, -0.2) is 4.98 Å². The van der Waals surface area contributed by atoms with Gasteiger partial charge in [0.05, 0.1) is 12.4 Å². The fourth-order valence-corrected chi connectivity index (χ4v) is 2.47. The van der Waals surface area contributed by atoms with E-state index in [1.165, 1.54) is 0 Å². The molecule has 0 bridgehead atoms. The summed E-state index contributed by atoms with van der Waals surface area (Å²) in [6.07, 6.45) is 1.24. The first kappa shape index (κ1) is 16.5. The molecule has 0 saturated carbocycles. The van der Waals surface area contributed by atoms with Crippen LogP contribution in [-0.4, -0.2) is 37.3 Å². The first-order valence-corrected chi connectivity index (χ1v) is 8.12. The summed E-state index contributed by atoms with van der Waals surface area (Å²) in [5.41, 5.74) is 2.22. The van der Waals surface area contributed by atoms with Crippen LogP contribution in [0.2, 0.25) is 5.02 Å². The molecule has 0 saturated heterocycles. The van der Waals surface area contributed by atoms with Gasteiger partial charge in [-0.2, -0.15) is 9.97 Å². The fourth-order valence-electron chi connectivity index (χ4n) is 2.28. The highest BCUT2D eigenvalue weighted by atomic mass is 35.5. The number of imidazole rings is 1. The summed E-state index contributed by atoms with van der Waals surface area (Å²) in [5.74, 6) is 1.02. The predicted molar refractivity (Wildman–Crippen MR) is 95.9 cm³/mol. The molecule has 8 heteroatoms. The Hall–Kier alpha value is -2.38. The summed E-state index contributed by atoms with van der Waals surface area (Å²) in [4.78, 5) is 13.4. The molecule has 3 N–H and O–H groups in total. The average molecular weight is 347 g/mol. The summed E-state index contributed by atoms with van der Waals surface area (Å²) in [5, 5.41) is 16.4. The number of aryl methyl sites for hydroxylation is 1. The second kappa shape index (κ2) is 7.02. The summed E-state index contributed by atoms with van der Waals surface area (Å²) < 4.78 is 1.94. The highest BCUT2D eigenvalue weighted by Gasteiger charge is 2.13. The molecule has 0 aliphatic heterocycles.